The van der Waals surface area contributed by atoms with E-state index < -0.39 is 5.92 Å². The zero-order valence-electron chi connectivity index (χ0n) is 18.7. The zero-order chi connectivity index (χ0) is 22.4. The van der Waals surface area contributed by atoms with Gasteiger partial charge in [0.05, 0.1) is 23.8 Å². The van der Waals surface area contributed by atoms with Gasteiger partial charge in [0.1, 0.15) is 17.4 Å². The number of nitrogens with two attached hydrogens (primary N) is 1. The zero-order valence-corrected chi connectivity index (χ0v) is 18.7. The molecule has 7 heteroatoms. The Morgan fingerprint density at radius 1 is 1.20 bits per heavy atom. The van der Waals surface area contributed by atoms with E-state index in [9.17, 15) is 10.4 Å². The number of phenols is 1. The van der Waals surface area contributed by atoms with Crippen LogP contribution in [0, 0.1) is 11.3 Å². The molecule has 2 aromatic rings. The van der Waals surface area contributed by atoms with Crippen molar-refractivity contribution in [2.45, 2.75) is 64.9 Å². The highest BCUT2D eigenvalue weighted by molar-refractivity contribution is 5.59. The number of nitrogens with one attached hydrogen (secondary N) is 1. The van der Waals surface area contributed by atoms with Crippen LogP contribution in [0.25, 0.3) is 0 Å². The first-order valence-electron chi connectivity index (χ1n) is 9.91. The Morgan fingerprint density at radius 2 is 1.77 bits per heavy atom. The minimum atomic E-state index is -0.481. The van der Waals surface area contributed by atoms with Crippen molar-refractivity contribution in [1.82, 2.24) is 10.2 Å². The van der Waals surface area contributed by atoms with Gasteiger partial charge in [-0.15, -0.1) is 5.10 Å². The lowest BCUT2D eigenvalue weighted by Gasteiger charge is -2.31. The molecular formula is C23H30N4O3. The van der Waals surface area contributed by atoms with Gasteiger partial charge in [-0.1, -0.05) is 53.7 Å². The molecule has 0 radical (unpaired) electrons. The van der Waals surface area contributed by atoms with Crippen LogP contribution >= 0.6 is 0 Å². The minimum absolute atomic E-state index is 0.0353. The molecule has 0 unspecified atom stereocenters. The number of ether oxygens (including phenoxy) is 2. The molecule has 30 heavy (non-hydrogen) atoms. The summed E-state index contributed by atoms with van der Waals surface area (Å²) in [6, 6.07) is 6.13. The van der Waals surface area contributed by atoms with Crippen LogP contribution in [-0.4, -0.2) is 22.4 Å². The van der Waals surface area contributed by atoms with E-state index in [1.54, 1.807) is 7.11 Å². The van der Waals surface area contributed by atoms with Crippen molar-refractivity contribution in [3.8, 4) is 17.7 Å². The highest BCUT2D eigenvalue weighted by atomic mass is 16.5. The average molecular weight is 411 g/mol. The second-order valence-electron chi connectivity index (χ2n) is 9.74. The molecule has 7 nitrogen and oxygen atoms in total. The predicted molar refractivity (Wildman–Crippen MR) is 114 cm³/mol. The van der Waals surface area contributed by atoms with Crippen LogP contribution in [-0.2, 0) is 22.2 Å². The monoisotopic (exact) mass is 410 g/mol. The molecule has 0 fully saturated rings. The summed E-state index contributed by atoms with van der Waals surface area (Å²) >= 11 is 0. The van der Waals surface area contributed by atoms with Crippen molar-refractivity contribution < 1.29 is 14.6 Å². The van der Waals surface area contributed by atoms with Crippen LogP contribution in [0.5, 0.6) is 11.6 Å². The van der Waals surface area contributed by atoms with E-state index in [2.05, 4.69) is 57.8 Å². The van der Waals surface area contributed by atoms with Crippen LogP contribution in [0.2, 0.25) is 0 Å². The summed E-state index contributed by atoms with van der Waals surface area (Å²) in [6.45, 7) is 12.6. The Balaban J connectivity index is 2.36. The van der Waals surface area contributed by atoms with Crippen molar-refractivity contribution in [2.24, 2.45) is 5.73 Å². The van der Waals surface area contributed by atoms with Crippen molar-refractivity contribution in [2.75, 3.05) is 7.11 Å². The van der Waals surface area contributed by atoms with Crippen LogP contribution in [0.3, 0.4) is 0 Å². The topological polar surface area (TPSA) is 117 Å². The van der Waals surface area contributed by atoms with Crippen LogP contribution in [0.4, 0.5) is 0 Å². The summed E-state index contributed by atoms with van der Waals surface area (Å²) < 4.78 is 10.9. The smallest absolute Gasteiger partial charge is 0.244 e. The Labute approximate surface area is 177 Å². The van der Waals surface area contributed by atoms with Crippen LogP contribution in [0.1, 0.15) is 75.4 Å². The van der Waals surface area contributed by atoms with Crippen LogP contribution in [0.15, 0.2) is 23.6 Å². The van der Waals surface area contributed by atoms with Gasteiger partial charge >= 0.3 is 0 Å². The number of aromatic amines is 1. The summed E-state index contributed by atoms with van der Waals surface area (Å²) in [6.07, 6.45) is 0. The largest absolute Gasteiger partial charge is 0.507 e. The quantitative estimate of drug-likeness (QED) is 0.702. The minimum Gasteiger partial charge on any atom is -0.507 e. The lowest BCUT2D eigenvalue weighted by atomic mass is 9.75. The number of H-pyrrole nitrogens is 1. The van der Waals surface area contributed by atoms with E-state index in [0.717, 1.165) is 27.9 Å². The van der Waals surface area contributed by atoms with E-state index in [0.29, 0.717) is 11.5 Å². The van der Waals surface area contributed by atoms with Crippen molar-refractivity contribution in [3.05, 3.63) is 51.5 Å². The maximum Gasteiger partial charge on any atom is 0.244 e. The summed E-state index contributed by atoms with van der Waals surface area (Å²) in [5.74, 6) is 0.177. The first-order valence-corrected chi connectivity index (χ1v) is 9.91. The fraction of sp³-hybridized carbons (Fsp3) is 0.478. The number of aromatic nitrogens is 2. The van der Waals surface area contributed by atoms with E-state index in [4.69, 9.17) is 15.2 Å². The number of allylic oxidation sites excluding steroid dienone is 1. The molecule has 1 aromatic heterocycles. The number of hydrogen-bond acceptors (Lipinski definition) is 6. The molecule has 0 amide bonds. The average Bonchev–Trinajstić information content (AvgIpc) is 3.01. The highest BCUT2D eigenvalue weighted by Crippen LogP contribution is 2.47. The summed E-state index contributed by atoms with van der Waals surface area (Å²) in [5, 5.41) is 28.2. The molecule has 0 spiro atoms. The van der Waals surface area contributed by atoms with E-state index >= 15 is 0 Å². The molecule has 0 bridgehead atoms. The van der Waals surface area contributed by atoms with Gasteiger partial charge in [0.25, 0.3) is 0 Å². The molecule has 1 aromatic carbocycles. The molecule has 1 aliphatic heterocycles. The van der Waals surface area contributed by atoms with Gasteiger partial charge < -0.3 is 20.3 Å². The Hall–Kier alpha value is -2.98. The van der Waals surface area contributed by atoms with Gasteiger partial charge in [-0.05, 0) is 27.5 Å². The van der Waals surface area contributed by atoms with Gasteiger partial charge in [0, 0.05) is 7.11 Å². The van der Waals surface area contributed by atoms with Gasteiger partial charge in [-0.3, -0.25) is 5.10 Å². The second kappa shape index (κ2) is 7.37. The maximum absolute atomic E-state index is 11.1. The molecule has 0 saturated carbocycles. The molecule has 3 rings (SSSR count). The van der Waals surface area contributed by atoms with Gasteiger partial charge in [0.2, 0.25) is 11.8 Å². The second-order valence-corrected chi connectivity index (χ2v) is 9.74. The normalized spacial score (nSPS) is 16.8. The lowest BCUT2D eigenvalue weighted by molar-refractivity contribution is 0.180. The molecule has 160 valence electrons. The number of methoxy groups -OCH3 is 1. The number of hydrogen-bond donors (Lipinski definition) is 3. The molecule has 0 aliphatic carbocycles. The van der Waals surface area contributed by atoms with Crippen molar-refractivity contribution in [1.29, 1.82) is 5.26 Å². The highest BCUT2D eigenvalue weighted by Gasteiger charge is 2.37. The van der Waals surface area contributed by atoms with Crippen LogP contribution < -0.4 is 10.5 Å². The molecule has 2 heterocycles. The SMILES string of the molecule is COCc1[nH]nc2c1[C@@H](c1cc(C(C)(C)C)c(O)c(C(C)(C)C)c1)C(C#N)=C(N)O2. The van der Waals surface area contributed by atoms with E-state index in [1.807, 2.05) is 12.1 Å². The molecule has 0 saturated heterocycles. The van der Waals surface area contributed by atoms with E-state index in [1.165, 1.54) is 0 Å². The van der Waals surface area contributed by atoms with Crippen molar-refractivity contribution >= 4 is 0 Å². The third-order valence-electron chi connectivity index (χ3n) is 5.39. The molecule has 4 N–H and O–H groups in total. The number of fused-ring (bicyclic) bond motifs is 1. The third-order valence-corrected chi connectivity index (χ3v) is 5.39. The maximum atomic E-state index is 11.1. The standard InChI is InChI=1S/C23H30N4O3/c1-22(2,3)14-8-12(9-15(19(14)28)23(4,5)6)17-13(10-24)20(25)30-21-18(17)16(11-29-7)26-27-21/h8-9,17,28H,11,25H2,1-7H3,(H,26,27)/t17-/m0/s1. The fourth-order valence-electron chi connectivity index (χ4n) is 3.86. The van der Waals surface area contributed by atoms with E-state index in [-0.39, 0.29) is 29.1 Å². The number of nitriles is 1. The number of phenolic OH excluding ortho intramolecular Hbond substituents is 1. The van der Waals surface area contributed by atoms with Gasteiger partial charge in [0.15, 0.2) is 0 Å². The first kappa shape index (κ1) is 21.7. The van der Waals surface area contributed by atoms with Gasteiger partial charge in [-0.2, -0.15) is 5.26 Å². The number of nitrogens with zero attached hydrogens (tertiary/aromatic N) is 2. The Kier molecular flexibility index (Phi) is 5.33. The first-order chi connectivity index (χ1) is 13.9. The lowest BCUT2D eigenvalue weighted by Crippen LogP contribution is -2.23. The van der Waals surface area contributed by atoms with Crippen molar-refractivity contribution in [3.63, 3.8) is 0 Å². The Bertz CT molecular complexity index is 1010. The summed E-state index contributed by atoms with van der Waals surface area (Å²) in [7, 11) is 1.59. The number of benzene rings is 1. The van der Waals surface area contributed by atoms with Gasteiger partial charge in [-0.25, -0.2) is 0 Å². The molecule has 1 atom stereocenters. The number of aromatic hydroxyl groups is 1. The third kappa shape index (κ3) is 3.63. The number of rotatable bonds is 3. The Morgan fingerprint density at radius 3 is 2.23 bits per heavy atom. The molecular weight excluding hydrogens is 380 g/mol. The molecule has 1 aliphatic rings. The predicted octanol–water partition coefficient (Wildman–Crippen LogP) is 4.07. The summed E-state index contributed by atoms with van der Waals surface area (Å²) in [5.41, 5.74) is 9.72. The fourth-order valence-corrected chi connectivity index (χ4v) is 3.86. The summed E-state index contributed by atoms with van der Waals surface area (Å²) in [4.78, 5) is 0.